The van der Waals surface area contributed by atoms with E-state index in [1.807, 2.05) is 0 Å². The highest BCUT2D eigenvalue weighted by Crippen LogP contribution is 2.18. The lowest BCUT2D eigenvalue weighted by atomic mass is 10.2. The van der Waals surface area contributed by atoms with E-state index in [2.05, 4.69) is 10.6 Å². The Morgan fingerprint density at radius 1 is 1.26 bits per heavy atom. The van der Waals surface area contributed by atoms with Crippen molar-refractivity contribution in [1.82, 2.24) is 10.6 Å². The molecule has 0 spiro atoms. The molecule has 0 saturated carbocycles. The first-order valence-electron chi connectivity index (χ1n) is 6.00. The summed E-state index contributed by atoms with van der Waals surface area (Å²) in [6.07, 6.45) is 0. The number of carbonyl (C=O) groups excluding carboxylic acids is 1. The number of hydrogen-bond acceptors (Lipinski definition) is 4. The van der Waals surface area contributed by atoms with Gasteiger partial charge in [0.1, 0.15) is 11.6 Å². The molecule has 0 fully saturated rings. The molecule has 1 amide bonds. The van der Waals surface area contributed by atoms with Crippen LogP contribution in [0, 0.1) is 5.82 Å². The van der Waals surface area contributed by atoms with E-state index in [4.69, 9.17) is 9.47 Å². The highest BCUT2D eigenvalue weighted by molar-refractivity contribution is 5.96. The van der Waals surface area contributed by atoms with E-state index < -0.39 is 5.82 Å². The van der Waals surface area contributed by atoms with E-state index in [0.29, 0.717) is 25.4 Å². The molecule has 0 aliphatic carbocycles. The number of ether oxygens (including phenoxy) is 2. The Morgan fingerprint density at radius 3 is 2.74 bits per heavy atom. The van der Waals surface area contributed by atoms with Crippen LogP contribution in [0.4, 0.5) is 4.39 Å². The fourth-order valence-corrected chi connectivity index (χ4v) is 1.52. The van der Waals surface area contributed by atoms with Crippen LogP contribution >= 0.6 is 0 Å². The molecule has 0 unspecified atom stereocenters. The fraction of sp³-hybridized carbons (Fsp3) is 0.462. The first-order chi connectivity index (χ1) is 9.19. The number of benzene rings is 1. The molecule has 106 valence electrons. The molecular weight excluding hydrogens is 251 g/mol. The van der Waals surface area contributed by atoms with Crippen molar-refractivity contribution in [2.75, 3.05) is 40.5 Å². The van der Waals surface area contributed by atoms with Crippen molar-refractivity contribution < 1.29 is 18.7 Å². The summed E-state index contributed by atoms with van der Waals surface area (Å²) in [7, 11) is 3.07. The lowest BCUT2D eigenvalue weighted by molar-refractivity contribution is 0.0950. The van der Waals surface area contributed by atoms with Crippen LogP contribution in [0.25, 0.3) is 0 Å². The maximum Gasteiger partial charge on any atom is 0.255 e. The van der Waals surface area contributed by atoms with Gasteiger partial charge in [0.25, 0.3) is 5.91 Å². The number of carbonyl (C=O) groups is 1. The number of halogens is 1. The summed E-state index contributed by atoms with van der Waals surface area (Å²) in [6.45, 7) is 2.40. The van der Waals surface area contributed by atoms with E-state index in [1.54, 1.807) is 7.11 Å². The summed E-state index contributed by atoms with van der Waals surface area (Å²) in [5.74, 6) is -0.472. The monoisotopic (exact) mass is 270 g/mol. The highest BCUT2D eigenvalue weighted by Gasteiger charge is 2.12. The zero-order chi connectivity index (χ0) is 14.1. The lowest BCUT2D eigenvalue weighted by Crippen LogP contribution is -2.33. The molecule has 1 aromatic rings. The highest BCUT2D eigenvalue weighted by atomic mass is 19.1. The zero-order valence-corrected chi connectivity index (χ0v) is 11.2. The summed E-state index contributed by atoms with van der Waals surface area (Å²) in [5.41, 5.74) is 0.194. The molecule has 0 heterocycles. The lowest BCUT2D eigenvalue weighted by Gasteiger charge is -2.10. The van der Waals surface area contributed by atoms with Crippen molar-refractivity contribution in [1.29, 1.82) is 0 Å². The van der Waals surface area contributed by atoms with Crippen LogP contribution in [0.15, 0.2) is 18.2 Å². The zero-order valence-electron chi connectivity index (χ0n) is 11.2. The SMILES string of the molecule is COCCNCCNC(=O)c1cc(F)ccc1OC. The minimum Gasteiger partial charge on any atom is -0.496 e. The van der Waals surface area contributed by atoms with Gasteiger partial charge in [-0.2, -0.15) is 0 Å². The number of rotatable bonds is 8. The number of methoxy groups -OCH3 is 2. The van der Waals surface area contributed by atoms with E-state index in [9.17, 15) is 9.18 Å². The Hall–Kier alpha value is -1.66. The van der Waals surface area contributed by atoms with E-state index in [-0.39, 0.29) is 11.5 Å². The van der Waals surface area contributed by atoms with E-state index in [1.165, 1.54) is 19.2 Å². The summed E-state index contributed by atoms with van der Waals surface area (Å²) in [6, 6.07) is 3.84. The van der Waals surface area contributed by atoms with Crippen molar-refractivity contribution in [3.63, 3.8) is 0 Å². The average Bonchev–Trinajstić information content (AvgIpc) is 2.42. The molecule has 0 atom stereocenters. The topological polar surface area (TPSA) is 59.6 Å². The van der Waals surface area contributed by atoms with Gasteiger partial charge >= 0.3 is 0 Å². The predicted octanol–water partition coefficient (Wildman–Crippen LogP) is 0.800. The molecule has 0 bridgehead atoms. The van der Waals surface area contributed by atoms with Gasteiger partial charge in [0.2, 0.25) is 0 Å². The molecule has 0 saturated heterocycles. The molecule has 6 heteroatoms. The summed E-state index contributed by atoms with van der Waals surface area (Å²) >= 11 is 0. The quantitative estimate of drug-likeness (QED) is 0.686. The maximum atomic E-state index is 13.1. The van der Waals surface area contributed by atoms with Gasteiger partial charge in [-0.25, -0.2) is 4.39 Å². The molecule has 2 N–H and O–H groups in total. The van der Waals surface area contributed by atoms with Crippen LogP contribution in [-0.2, 0) is 4.74 Å². The normalized spacial score (nSPS) is 10.3. The second-order valence-corrected chi connectivity index (χ2v) is 3.84. The van der Waals surface area contributed by atoms with Gasteiger partial charge in [-0.3, -0.25) is 4.79 Å². The molecule has 19 heavy (non-hydrogen) atoms. The third-order valence-electron chi connectivity index (χ3n) is 2.48. The molecule has 1 rings (SSSR count). The number of nitrogens with one attached hydrogen (secondary N) is 2. The van der Waals surface area contributed by atoms with Crippen LogP contribution in [0.2, 0.25) is 0 Å². The molecule has 0 radical (unpaired) electrons. The Labute approximate surface area is 112 Å². The van der Waals surface area contributed by atoms with Crippen LogP contribution in [0.5, 0.6) is 5.75 Å². The Balaban J connectivity index is 2.43. The van der Waals surface area contributed by atoms with Gasteiger partial charge in [0, 0.05) is 26.7 Å². The fourth-order valence-electron chi connectivity index (χ4n) is 1.52. The van der Waals surface area contributed by atoms with Crippen molar-refractivity contribution in [3.05, 3.63) is 29.6 Å². The molecule has 0 aromatic heterocycles. The maximum absolute atomic E-state index is 13.1. The van der Waals surface area contributed by atoms with Crippen molar-refractivity contribution >= 4 is 5.91 Å². The first-order valence-corrected chi connectivity index (χ1v) is 6.00. The summed E-state index contributed by atoms with van der Waals surface area (Å²) in [4.78, 5) is 11.9. The van der Waals surface area contributed by atoms with Gasteiger partial charge in [-0.15, -0.1) is 0 Å². The van der Waals surface area contributed by atoms with Crippen molar-refractivity contribution in [2.24, 2.45) is 0 Å². The van der Waals surface area contributed by atoms with E-state index in [0.717, 1.165) is 12.6 Å². The summed E-state index contributed by atoms with van der Waals surface area (Å²) in [5, 5.41) is 5.78. The molecule has 0 aliphatic rings. The van der Waals surface area contributed by atoms with Crippen molar-refractivity contribution in [2.45, 2.75) is 0 Å². The predicted molar refractivity (Wildman–Crippen MR) is 70.0 cm³/mol. The first kappa shape index (κ1) is 15.4. The van der Waals surface area contributed by atoms with Gasteiger partial charge in [0.05, 0.1) is 19.3 Å². The standard InChI is InChI=1S/C13H19FN2O3/c1-18-8-7-15-5-6-16-13(17)11-9-10(14)3-4-12(11)19-2/h3-4,9,15H,5-8H2,1-2H3,(H,16,17). The van der Waals surface area contributed by atoms with Crippen LogP contribution < -0.4 is 15.4 Å². The van der Waals surface area contributed by atoms with Gasteiger partial charge in [-0.1, -0.05) is 0 Å². The number of hydrogen-bond donors (Lipinski definition) is 2. The van der Waals surface area contributed by atoms with Crippen LogP contribution in [0.1, 0.15) is 10.4 Å². The minimum absolute atomic E-state index is 0.194. The molecular formula is C13H19FN2O3. The van der Waals surface area contributed by atoms with Crippen molar-refractivity contribution in [3.8, 4) is 5.75 Å². The second kappa shape index (κ2) is 8.44. The van der Waals surface area contributed by atoms with Crippen LogP contribution in [0.3, 0.4) is 0 Å². The largest absolute Gasteiger partial charge is 0.496 e. The van der Waals surface area contributed by atoms with Gasteiger partial charge < -0.3 is 20.1 Å². The molecule has 5 nitrogen and oxygen atoms in total. The van der Waals surface area contributed by atoms with Crippen LogP contribution in [-0.4, -0.2) is 46.4 Å². The number of amides is 1. The minimum atomic E-state index is -0.468. The Morgan fingerprint density at radius 2 is 2.05 bits per heavy atom. The Kier molecular flexibility index (Phi) is 6.84. The van der Waals surface area contributed by atoms with E-state index >= 15 is 0 Å². The average molecular weight is 270 g/mol. The molecule has 0 aliphatic heterocycles. The smallest absolute Gasteiger partial charge is 0.255 e. The summed E-state index contributed by atoms with van der Waals surface area (Å²) < 4.78 is 23.0. The van der Waals surface area contributed by atoms with Gasteiger partial charge in [-0.05, 0) is 18.2 Å². The van der Waals surface area contributed by atoms with Gasteiger partial charge in [0.15, 0.2) is 0 Å². The third kappa shape index (κ3) is 5.23. The second-order valence-electron chi connectivity index (χ2n) is 3.84. The Bertz CT molecular complexity index is 413. The third-order valence-corrected chi connectivity index (χ3v) is 2.48. The molecule has 1 aromatic carbocycles.